The van der Waals surface area contributed by atoms with E-state index in [1.54, 1.807) is 0 Å². The van der Waals surface area contributed by atoms with Gasteiger partial charge in [-0.05, 0) is 122 Å². The average Bonchev–Trinajstić information content (AvgIpc) is 3.58. The molecule has 2 unspecified atom stereocenters. The summed E-state index contributed by atoms with van der Waals surface area (Å²) in [7, 11) is 1.45. The van der Waals surface area contributed by atoms with E-state index < -0.39 is 32.5 Å². The number of ether oxygens (including phenoxy) is 2. The molecule has 0 amide bonds. The monoisotopic (exact) mass is 1240 g/mol. The normalized spacial score (nSPS) is 14.1. The second kappa shape index (κ2) is 67.0. The SMILES string of the molecule is CC/C=C\C/C=C\C/C=C\C/C=C\C/C=C\C/C=C\C/C=C\CCCCCCCCCCCCCCCCCCCCCC(=O)OC(COC(=O)CCCCCC/C=C\C/C=C\C/C=C\C/C=C\C/C=C\C/C=C\CC)COP(=O)(O)OCC[N+](C)(C)C. The van der Waals surface area contributed by atoms with Crippen LogP contribution < -0.4 is 0 Å². The number of quaternary nitrogens is 1. The predicted molar refractivity (Wildman–Crippen MR) is 380 cm³/mol. The van der Waals surface area contributed by atoms with Crippen molar-refractivity contribution in [2.75, 3.05) is 47.5 Å². The van der Waals surface area contributed by atoms with Crippen molar-refractivity contribution >= 4 is 19.8 Å². The molecule has 0 fully saturated rings. The van der Waals surface area contributed by atoms with E-state index in [0.717, 1.165) is 128 Å². The smallest absolute Gasteiger partial charge is 0.462 e. The highest BCUT2D eigenvalue weighted by Crippen LogP contribution is 2.43. The highest BCUT2D eigenvalue weighted by atomic mass is 31.2. The lowest BCUT2D eigenvalue weighted by Crippen LogP contribution is -2.37. The number of phosphoric acid groups is 1. The minimum Gasteiger partial charge on any atom is -0.462 e. The molecule has 10 heteroatoms. The highest BCUT2D eigenvalue weighted by molar-refractivity contribution is 7.47. The van der Waals surface area contributed by atoms with Crippen LogP contribution in [0.15, 0.2) is 158 Å². The molecule has 1 N–H and O–H groups in total. The number of unbranched alkanes of at least 4 members (excludes halogenated alkanes) is 23. The van der Waals surface area contributed by atoms with Crippen molar-refractivity contribution in [1.29, 1.82) is 0 Å². The first-order valence-corrected chi connectivity index (χ1v) is 36.7. The molecule has 0 radical (unpaired) electrons. The molecule has 88 heavy (non-hydrogen) atoms. The van der Waals surface area contributed by atoms with Crippen LogP contribution in [-0.4, -0.2) is 74.9 Å². The third-order valence-corrected chi connectivity index (χ3v) is 15.5. The molecule has 0 spiro atoms. The Morgan fingerprint density at radius 2 is 0.614 bits per heavy atom. The second-order valence-corrected chi connectivity index (χ2v) is 25.6. The standard InChI is InChI=1S/C78H130NO8P/c1-6-8-10-12-14-16-18-20-22-24-26-28-30-31-32-33-34-35-36-37-38-39-40-41-42-43-44-45-46-47-49-51-53-55-57-59-61-63-65-67-69-71-78(81)87-76(75-86-88(82,83)85-73-72-79(3,4)5)74-84-77(80)70-68-66-64-62-60-58-56-54-52-50-48-29-27-25-23-21-19-17-15-13-11-9-7-2/h8-11,14-17,20-23,26-29,31-32,34-35,37-38,50,52,56,58,76H,6-7,12-13,18-19,24-25,30,33,36,39-49,51,53-55,57,59-75H2,1-5H3/p+1/b10-8-,11-9-,16-14-,17-15-,22-20-,23-21-,28-26-,29-27-,32-31-,35-34-,38-37-,52-50-,58-56-. The van der Waals surface area contributed by atoms with Gasteiger partial charge in [-0.1, -0.05) is 294 Å². The number of carbonyl (C=O) groups is 2. The summed E-state index contributed by atoms with van der Waals surface area (Å²) in [6.45, 7) is 4.17. The zero-order valence-corrected chi connectivity index (χ0v) is 57.8. The first kappa shape index (κ1) is 83.6. The molecule has 500 valence electrons. The zero-order valence-electron chi connectivity index (χ0n) is 56.9. The summed E-state index contributed by atoms with van der Waals surface area (Å²) < 4.78 is 34.7. The Kier molecular flexibility index (Phi) is 63.7. The van der Waals surface area contributed by atoms with Crippen LogP contribution in [0.3, 0.4) is 0 Å². The Hall–Kier alpha value is -4.37. The van der Waals surface area contributed by atoms with E-state index in [2.05, 4.69) is 172 Å². The van der Waals surface area contributed by atoms with Gasteiger partial charge in [0, 0.05) is 12.8 Å². The molecule has 0 bridgehead atoms. The van der Waals surface area contributed by atoms with Crippen molar-refractivity contribution < 1.29 is 42.1 Å². The molecule has 0 aromatic rings. The molecule has 0 saturated heterocycles. The van der Waals surface area contributed by atoms with Gasteiger partial charge in [0.05, 0.1) is 27.7 Å². The highest BCUT2D eigenvalue weighted by Gasteiger charge is 2.27. The average molecular weight is 1240 g/mol. The van der Waals surface area contributed by atoms with Gasteiger partial charge in [-0.15, -0.1) is 0 Å². The number of esters is 2. The Bertz CT molecular complexity index is 2040. The molecule has 0 aliphatic carbocycles. The quantitative estimate of drug-likeness (QED) is 0.0211. The molecule has 0 aliphatic heterocycles. The van der Waals surface area contributed by atoms with Gasteiger partial charge >= 0.3 is 19.8 Å². The topological polar surface area (TPSA) is 108 Å². The maximum atomic E-state index is 12.9. The minimum atomic E-state index is -4.41. The fourth-order valence-corrected chi connectivity index (χ4v) is 9.98. The lowest BCUT2D eigenvalue weighted by molar-refractivity contribution is -0.870. The van der Waals surface area contributed by atoms with Gasteiger partial charge in [-0.3, -0.25) is 18.6 Å². The molecule has 0 aliphatic rings. The Balaban J connectivity index is 4.04. The van der Waals surface area contributed by atoms with Gasteiger partial charge in [-0.2, -0.15) is 0 Å². The summed E-state index contributed by atoms with van der Waals surface area (Å²) >= 11 is 0. The van der Waals surface area contributed by atoms with Crippen molar-refractivity contribution in [2.45, 2.75) is 277 Å². The van der Waals surface area contributed by atoms with E-state index in [-0.39, 0.29) is 26.1 Å². The minimum absolute atomic E-state index is 0.0209. The molecular formula is C78H131NO8P+. The number of rotatable bonds is 63. The van der Waals surface area contributed by atoms with Gasteiger partial charge in [0.15, 0.2) is 6.10 Å². The predicted octanol–water partition coefficient (Wildman–Crippen LogP) is 23.2. The van der Waals surface area contributed by atoms with Gasteiger partial charge in [-0.25, -0.2) is 4.57 Å². The fourth-order valence-electron chi connectivity index (χ4n) is 9.24. The maximum absolute atomic E-state index is 12.9. The third kappa shape index (κ3) is 70.7. The van der Waals surface area contributed by atoms with Crippen molar-refractivity contribution in [3.05, 3.63) is 158 Å². The summed E-state index contributed by atoms with van der Waals surface area (Å²) in [6.07, 6.45) is 101. The van der Waals surface area contributed by atoms with Gasteiger partial charge in [0.2, 0.25) is 0 Å². The van der Waals surface area contributed by atoms with Crippen molar-refractivity contribution in [3.8, 4) is 0 Å². The summed E-state index contributed by atoms with van der Waals surface area (Å²) in [5.74, 6) is -0.829. The van der Waals surface area contributed by atoms with Gasteiger partial charge < -0.3 is 18.9 Å². The van der Waals surface area contributed by atoms with E-state index in [9.17, 15) is 19.0 Å². The van der Waals surface area contributed by atoms with E-state index in [0.29, 0.717) is 23.9 Å². The number of allylic oxidation sites excluding steroid dienone is 26. The number of likely N-dealkylation sites (N-methyl/N-ethyl adjacent to an activating group) is 1. The number of hydrogen-bond donors (Lipinski definition) is 1. The first-order chi connectivity index (χ1) is 43.0. The lowest BCUT2D eigenvalue weighted by Gasteiger charge is -2.24. The molecule has 0 aromatic carbocycles. The van der Waals surface area contributed by atoms with Crippen molar-refractivity contribution in [2.24, 2.45) is 0 Å². The van der Waals surface area contributed by atoms with Crippen molar-refractivity contribution in [3.63, 3.8) is 0 Å². The van der Waals surface area contributed by atoms with E-state index in [1.165, 1.54) is 103 Å². The molecule has 2 atom stereocenters. The summed E-state index contributed by atoms with van der Waals surface area (Å²) in [6, 6.07) is 0. The van der Waals surface area contributed by atoms with E-state index >= 15 is 0 Å². The molecular weight excluding hydrogens is 1110 g/mol. The van der Waals surface area contributed by atoms with E-state index in [4.69, 9.17) is 18.5 Å². The summed E-state index contributed by atoms with van der Waals surface area (Å²) in [4.78, 5) is 35.8. The van der Waals surface area contributed by atoms with Gasteiger partial charge in [0.25, 0.3) is 0 Å². The maximum Gasteiger partial charge on any atom is 0.472 e. The fraction of sp³-hybridized carbons (Fsp3) is 0.641. The Morgan fingerprint density at radius 3 is 0.909 bits per heavy atom. The molecule has 0 heterocycles. The number of phosphoric ester groups is 1. The summed E-state index contributed by atoms with van der Waals surface area (Å²) in [5, 5.41) is 0. The molecule has 0 aromatic heterocycles. The largest absolute Gasteiger partial charge is 0.472 e. The first-order valence-electron chi connectivity index (χ1n) is 35.2. The van der Waals surface area contributed by atoms with Crippen LogP contribution in [-0.2, 0) is 32.7 Å². The zero-order chi connectivity index (χ0) is 64.1. The molecule has 0 saturated carbocycles. The van der Waals surface area contributed by atoms with Crippen LogP contribution in [0.5, 0.6) is 0 Å². The van der Waals surface area contributed by atoms with Crippen molar-refractivity contribution in [1.82, 2.24) is 0 Å². The third-order valence-electron chi connectivity index (χ3n) is 14.6. The van der Waals surface area contributed by atoms with E-state index in [1.807, 2.05) is 21.1 Å². The van der Waals surface area contributed by atoms with Crippen LogP contribution >= 0.6 is 7.82 Å². The van der Waals surface area contributed by atoms with Crippen LogP contribution in [0.2, 0.25) is 0 Å². The molecule has 9 nitrogen and oxygen atoms in total. The number of carbonyl (C=O) groups excluding carboxylic acids is 2. The van der Waals surface area contributed by atoms with Crippen LogP contribution in [0.25, 0.3) is 0 Å². The molecule has 0 rings (SSSR count). The number of hydrogen-bond acceptors (Lipinski definition) is 7. The van der Waals surface area contributed by atoms with Gasteiger partial charge in [0.1, 0.15) is 19.8 Å². The Labute approximate surface area is 541 Å². The lowest BCUT2D eigenvalue weighted by atomic mass is 10.0. The van der Waals surface area contributed by atoms with Crippen LogP contribution in [0, 0.1) is 0 Å². The second-order valence-electron chi connectivity index (χ2n) is 24.2. The van der Waals surface area contributed by atoms with Crippen LogP contribution in [0.4, 0.5) is 0 Å². The van der Waals surface area contributed by atoms with Crippen LogP contribution in [0.1, 0.15) is 271 Å². The number of nitrogens with zero attached hydrogens (tertiary/aromatic N) is 1. The summed E-state index contributed by atoms with van der Waals surface area (Å²) in [5.41, 5.74) is 0. The Morgan fingerprint density at radius 1 is 0.352 bits per heavy atom.